The van der Waals surface area contributed by atoms with E-state index in [0.29, 0.717) is 22.5 Å². The number of nitrogens with two attached hydrogens (primary N) is 1. The molecule has 4 nitrogen and oxygen atoms in total. The number of H-pyrrole nitrogens is 1. The minimum Gasteiger partial charge on any atom is -0.383 e. The molecule has 3 N–H and O–H groups in total. The van der Waals surface area contributed by atoms with E-state index in [4.69, 9.17) is 5.73 Å². The first-order chi connectivity index (χ1) is 10.4. The molecule has 0 aliphatic heterocycles. The van der Waals surface area contributed by atoms with Gasteiger partial charge < -0.3 is 10.7 Å². The lowest BCUT2D eigenvalue weighted by Crippen LogP contribution is -2.04. The highest BCUT2D eigenvalue weighted by molar-refractivity contribution is 5.87. The van der Waals surface area contributed by atoms with Gasteiger partial charge in [-0.25, -0.2) is 9.97 Å². The van der Waals surface area contributed by atoms with E-state index in [1.165, 1.54) is 18.5 Å². The Morgan fingerprint density at radius 2 is 1.91 bits per heavy atom. The second kappa shape index (κ2) is 5.07. The van der Waals surface area contributed by atoms with Crippen molar-refractivity contribution in [3.8, 4) is 11.8 Å². The van der Waals surface area contributed by atoms with Gasteiger partial charge in [0, 0.05) is 5.56 Å². The average molecular weight is 302 g/mol. The SMILES string of the molecule is Nc1ncnc2[nH]c(C#Cc3cccc(C(F)(F)F)c3)cc12. The monoisotopic (exact) mass is 302 g/mol. The van der Waals surface area contributed by atoms with Crippen LogP contribution >= 0.6 is 0 Å². The molecule has 3 rings (SSSR count). The number of halogens is 3. The fourth-order valence-corrected chi connectivity index (χ4v) is 1.94. The standard InChI is InChI=1S/C15H9F3N4/c16-15(17,18)10-3-1-2-9(6-10)4-5-11-7-12-13(19)20-8-21-14(12)22-11/h1-3,6-8H,(H3,19,20,21,22). The molecule has 7 heteroatoms. The third-order valence-electron chi connectivity index (χ3n) is 2.99. The molecule has 0 atom stereocenters. The fraction of sp³-hybridized carbons (Fsp3) is 0.0667. The number of fused-ring (bicyclic) bond motifs is 1. The number of nitrogens with one attached hydrogen (secondary N) is 1. The van der Waals surface area contributed by atoms with Crippen LogP contribution in [0.4, 0.5) is 19.0 Å². The summed E-state index contributed by atoms with van der Waals surface area (Å²) in [6.07, 6.45) is -3.07. The molecule has 0 saturated heterocycles. The third-order valence-corrected chi connectivity index (χ3v) is 2.99. The lowest BCUT2D eigenvalue weighted by molar-refractivity contribution is -0.137. The maximum Gasteiger partial charge on any atom is 0.416 e. The normalized spacial score (nSPS) is 11.2. The zero-order valence-corrected chi connectivity index (χ0v) is 11.1. The Hall–Kier alpha value is -3.01. The average Bonchev–Trinajstić information content (AvgIpc) is 2.89. The molecule has 22 heavy (non-hydrogen) atoms. The molecule has 1 aromatic carbocycles. The molecule has 0 fully saturated rings. The van der Waals surface area contributed by atoms with E-state index in [9.17, 15) is 13.2 Å². The van der Waals surface area contributed by atoms with E-state index in [-0.39, 0.29) is 5.56 Å². The number of benzene rings is 1. The van der Waals surface area contributed by atoms with E-state index < -0.39 is 11.7 Å². The van der Waals surface area contributed by atoms with Gasteiger partial charge in [-0.15, -0.1) is 0 Å². The van der Waals surface area contributed by atoms with E-state index in [2.05, 4.69) is 26.8 Å². The summed E-state index contributed by atoms with van der Waals surface area (Å²) in [5, 5.41) is 0.621. The van der Waals surface area contributed by atoms with Gasteiger partial charge in [-0.05, 0) is 30.2 Å². The minimum absolute atomic E-state index is 0.271. The predicted octanol–water partition coefficient (Wildman–Crippen LogP) is 2.96. The highest BCUT2D eigenvalue weighted by Crippen LogP contribution is 2.29. The Balaban J connectivity index is 1.96. The van der Waals surface area contributed by atoms with E-state index >= 15 is 0 Å². The second-order valence-corrected chi connectivity index (χ2v) is 4.53. The highest BCUT2D eigenvalue weighted by atomic mass is 19.4. The molecule has 110 valence electrons. The van der Waals surface area contributed by atoms with Crippen LogP contribution in [0.2, 0.25) is 0 Å². The van der Waals surface area contributed by atoms with Gasteiger partial charge in [0.25, 0.3) is 0 Å². The molecule has 0 spiro atoms. The quantitative estimate of drug-likeness (QED) is 0.627. The number of hydrogen-bond donors (Lipinski definition) is 2. The smallest absolute Gasteiger partial charge is 0.383 e. The largest absolute Gasteiger partial charge is 0.416 e. The maximum atomic E-state index is 12.6. The van der Waals surface area contributed by atoms with Crippen molar-refractivity contribution in [1.82, 2.24) is 15.0 Å². The Morgan fingerprint density at radius 3 is 2.64 bits per heavy atom. The Labute approximate surface area is 123 Å². The first-order valence-corrected chi connectivity index (χ1v) is 6.22. The molecular weight excluding hydrogens is 293 g/mol. The summed E-state index contributed by atoms with van der Waals surface area (Å²) in [7, 11) is 0. The Kier molecular flexibility index (Phi) is 3.22. The molecule has 3 aromatic rings. The zero-order valence-electron chi connectivity index (χ0n) is 11.1. The van der Waals surface area contributed by atoms with Gasteiger partial charge in [-0.3, -0.25) is 0 Å². The number of rotatable bonds is 0. The summed E-state index contributed by atoms with van der Waals surface area (Å²) >= 11 is 0. The molecule has 0 amide bonds. The first-order valence-electron chi connectivity index (χ1n) is 6.22. The number of nitrogens with zero attached hydrogens (tertiary/aromatic N) is 2. The summed E-state index contributed by atoms with van der Waals surface area (Å²) in [4.78, 5) is 10.8. The van der Waals surface area contributed by atoms with Crippen LogP contribution in [-0.4, -0.2) is 15.0 Å². The molecule has 2 heterocycles. The van der Waals surface area contributed by atoms with Crippen LogP contribution in [0.1, 0.15) is 16.8 Å². The van der Waals surface area contributed by atoms with Crippen LogP contribution in [0, 0.1) is 11.8 Å². The van der Waals surface area contributed by atoms with Crippen LogP contribution in [0.3, 0.4) is 0 Å². The summed E-state index contributed by atoms with van der Waals surface area (Å²) in [5.74, 6) is 5.76. The molecule has 2 aromatic heterocycles. The van der Waals surface area contributed by atoms with Gasteiger partial charge in [0.1, 0.15) is 17.8 Å². The van der Waals surface area contributed by atoms with Crippen molar-refractivity contribution >= 4 is 16.9 Å². The van der Waals surface area contributed by atoms with Crippen LogP contribution in [0.5, 0.6) is 0 Å². The lowest BCUT2D eigenvalue weighted by Gasteiger charge is -2.05. The van der Waals surface area contributed by atoms with Crippen molar-refractivity contribution in [2.24, 2.45) is 0 Å². The lowest BCUT2D eigenvalue weighted by atomic mass is 10.1. The van der Waals surface area contributed by atoms with Crippen molar-refractivity contribution in [3.05, 3.63) is 53.5 Å². The summed E-state index contributed by atoms with van der Waals surface area (Å²) < 4.78 is 37.9. The van der Waals surface area contributed by atoms with E-state index in [1.807, 2.05) is 0 Å². The first kappa shape index (κ1) is 13.9. The highest BCUT2D eigenvalue weighted by Gasteiger charge is 2.30. The minimum atomic E-state index is -4.39. The molecule has 0 unspecified atom stereocenters. The van der Waals surface area contributed by atoms with Gasteiger partial charge in [0.05, 0.1) is 16.6 Å². The van der Waals surface area contributed by atoms with Crippen molar-refractivity contribution in [2.45, 2.75) is 6.18 Å². The predicted molar refractivity (Wildman–Crippen MR) is 75.7 cm³/mol. The topological polar surface area (TPSA) is 67.6 Å². The molecule has 0 radical (unpaired) electrons. The number of alkyl halides is 3. The molecule has 0 aliphatic rings. The van der Waals surface area contributed by atoms with Crippen molar-refractivity contribution < 1.29 is 13.2 Å². The van der Waals surface area contributed by atoms with Gasteiger partial charge in [0.15, 0.2) is 0 Å². The Morgan fingerprint density at radius 1 is 1.09 bits per heavy atom. The number of hydrogen-bond acceptors (Lipinski definition) is 3. The summed E-state index contributed by atoms with van der Waals surface area (Å²) in [5.41, 5.74) is 6.27. The third kappa shape index (κ3) is 2.72. The zero-order chi connectivity index (χ0) is 15.7. The number of aromatic nitrogens is 3. The van der Waals surface area contributed by atoms with Crippen molar-refractivity contribution in [2.75, 3.05) is 5.73 Å². The van der Waals surface area contributed by atoms with Gasteiger partial charge >= 0.3 is 6.18 Å². The van der Waals surface area contributed by atoms with Crippen molar-refractivity contribution in [3.63, 3.8) is 0 Å². The molecular formula is C15H9F3N4. The van der Waals surface area contributed by atoms with Gasteiger partial charge in [-0.2, -0.15) is 13.2 Å². The Bertz CT molecular complexity index is 900. The molecule has 0 saturated carbocycles. The van der Waals surface area contributed by atoms with Crippen LogP contribution in [0.15, 0.2) is 36.7 Å². The van der Waals surface area contributed by atoms with E-state index in [0.717, 1.165) is 12.1 Å². The summed E-state index contributed by atoms with van der Waals surface area (Å²) in [6.45, 7) is 0. The number of anilines is 1. The number of nitrogen functional groups attached to an aromatic ring is 1. The van der Waals surface area contributed by atoms with Crippen LogP contribution < -0.4 is 5.73 Å². The molecule has 0 aliphatic carbocycles. The second-order valence-electron chi connectivity index (χ2n) is 4.53. The van der Waals surface area contributed by atoms with Crippen LogP contribution in [-0.2, 0) is 6.18 Å². The van der Waals surface area contributed by atoms with E-state index in [1.54, 1.807) is 6.07 Å². The number of aromatic amines is 1. The van der Waals surface area contributed by atoms with Crippen molar-refractivity contribution in [1.29, 1.82) is 0 Å². The van der Waals surface area contributed by atoms with Gasteiger partial charge in [-0.1, -0.05) is 12.0 Å². The maximum absolute atomic E-state index is 12.6. The van der Waals surface area contributed by atoms with Crippen LogP contribution in [0.25, 0.3) is 11.0 Å². The summed E-state index contributed by atoms with van der Waals surface area (Å²) in [6, 6.07) is 6.50. The molecule has 0 bridgehead atoms. The fourth-order valence-electron chi connectivity index (χ4n) is 1.94. The van der Waals surface area contributed by atoms with Gasteiger partial charge in [0.2, 0.25) is 0 Å².